The van der Waals surface area contributed by atoms with Gasteiger partial charge in [-0.2, -0.15) is 0 Å². The van der Waals surface area contributed by atoms with Gasteiger partial charge in [0.2, 0.25) is 0 Å². The van der Waals surface area contributed by atoms with Crippen molar-refractivity contribution in [2.24, 2.45) is 11.8 Å². The summed E-state index contributed by atoms with van der Waals surface area (Å²) >= 11 is 0. The largest absolute Gasteiger partial charge is 0.319 e. The van der Waals surface area contributed by atoms with E-state index in [0.717, 1.165) is 19.6 Å². The monoisotopic (exact) mass is 281 g/mol. The summed E-state index contributed by atoms with van der Waals surface area (Å²) in [5.41, 5.74) is 2.77. The van der Waals surface area contributed by atoms with Gasteiger partial charge < -0.3 is 10.6 Å². The van der Waals surface area contributed by atoms with Crippen molar-refractivity contribution < 1.29 is 0 Å². The zero-order valence-electron chi connectivity index (χ0n) is 12.5. The Morgan fingerprint density at radius 1 is 1.10 bits per heavy atom. The number of pyridine rings is 1. The summed E-state index contributed by atoms with van der Waals surface area (Å²) < 4.78 is 0. The van der Waals surface area contributed by atoms with E-state index in [0.29, 0.717) is 17.8 Å². The molecule has 0 radical (unpaired) electrons. The second kappa shape index (κ2) is 6.83. The lowest BCUT2D eigenvalue weighted by Gasteiger charge is -2.29. The van der Waals surface area contributed by atoms with Crippen LogP contribution in [0.25, 0.3) is 0 Å². The number of hydrogen-bond acceptors (Lipinski definition) is 3. The van der Waals surface area contributed by atoms with Crippen LogP contribution in [0.5, 0.6) is 0 Å². The number of nitrogens with one attached hydrogen (secondary N) is 2. The van der Waals surface area contributed by atoms with Gasteiger partial charge in [-0.25, -0.2) is 0 Å². The summed E-state index contributed by atoms with van der Waals surface area (Å²) in [5.74, 6) is 1.71. The first-order valence-electron chi connectivity index (χ1n) is 7.70. The predicted octanol–water partition coefficient (Wildman–Crippen LogP) is 2.27. The average molecular weight is 281 g/mol. The normalized spacial score (nSPS) is 23.1. The van der Waals surface area contributed by atoms with Crippen molar-refractivity contribution in [3.63, 3.8) is 0 Å². The second-order valence-corrected chi connectivity index (χ2v) is 5.81. The quantitative estimate of drug-likeness (QED) is 0.883. The molecule has 0 spiro atoms. The summed E-state index contributed by atoms with van der Waals surface area (Å²) in [6, 6.07) is 15.2. The number of nitrogens with zero attached hydrogens (tertiary/aromatic N) is 1. The van der Waals surface area contributed by atoms with E-state index >= 15 is 0 Å². The molecule has 1 aliphatic rings. The fourth-order valence-electron chi connectivity index (χ4n) is 3.55. The minimum Gasteiger partial charge on any atom is -0.319 e. The lowest BCUT2D eigenvalue weighted by atomic mass is 9.76. The zero-order valence-corrected chi connectivity index (χ0v) is 12.5. The topological polar surface area (TPSA) is 37.0 Å². The van der Waals surface area contributed by atoms with Crippen LogP contribution < -0.4 is 10.6 Å². The second-order valence-electron chi connectivity index (χ2n) is 5.81. The summed E-state index contributed by atoms with van der Waals surface area (Å²) in [4.78, 5) is 4.18. The van der Waals surface area contributed by atoms with Gasteiger partial charge in [-0.15, -0.1) is 0 Å². The van der Waals surface area contributed by atoms with Crippen LogP contribution >= 0.6 is 0 Å². The highest BCUT2D eigenvalue weighted by atomic mass is 14.9. The molecule has 0 saturated carbocycles. The van der Waals surface area contributed by atoms with Crippen molar-refractivity contribution >= 4 is 0 Å². The Labute approximate surface area is 126 Å². The van der Waals surface area contributed by atoms with Gasteiger partial charge in [0.05, 0.1) is 0 Å². The number of rotatable bonds is 5. The van der Waals surface area contributed by atoms with Crippen LogP contribution in [0, 0.1) is 11.8 Å². The molecular weight excluding hydrogens is 258 g/mol. The highest BCUT2D eigenvalue weighted by molar-refractivity contribution is 5.33. The van der Waals surface area contributed by atoms with Gasteiger partial charge in [-0.05, 0) is 61.8 Å². The van der Waals surface area contributed by atoms with E-state index < -0.39 is 0 Å². The van der Waals surface area contributed by atoms with Crippen LogP contribution in [0.15, 0.2) is 54.9 Å². The van der Waals surface area contributed by atoms with Crippen LogP contribution in [0.3, 0.4) is 0 Å². The molecule has 1 saturated heterocycles. The maximum atomic E-state index is 4.18. The smallest absolute Gasteiger partial charge is 0.0270 e. The molecule has 2 aromatic rings. The van der Waals surface area contributed by atoms with Gasteiger partial charge >= 0.3 is 0 Å². The molecular formula is C18H23N3. The lowest BCUT2D eigenvalue weighted by molar-refractivity contribution is 0.370. The van der Waals surface area contributed by atoms with Crippen LogP contribution in [0.1, 0.15) is 17.0 Å². The Morgan fingerprint density at radius 2 is 1.81 bits per heavy atom. The fourth-order valence-corrected chi connectivity index (χ4v) is 3.55. The van der Waals surface area contributed by atoms with Crippen LogP contribution in [0.2, 0.25) is 0 Å². The van der Waals surface area contributed by atoms with E-state index in [1.165, 1.54) is 11.1 Å². The van der Waals surface area contributed by atoms with Crippen molar-refractivity contribution in [2.45, 2.75) is 5.92 Å². The van der Waals surface area contributed by atoms with E-state index in [2.05, 4.69) is 58.1 Å². The Morgan fingerprint density at radius 3 is 2.52 bits per heavy atom. The highest BCUT2D eigenvalue weighted by Gasteiger charge is 2.34. The van der Waals surface area contributed by atoms with Crippen molar-refractivity contribution in [1.82, 2.24) is 15.6 Å². The molecule has 3 rings (SSSR count). The molecule has 2 unspecified atom stereocenters. The molecule has 1 aliphatic heterocycles. The van der Waals surface area contributed by atoms with Gasteiger partial charge in [0.25, 0.3) is 0 Å². The van der Waals surface area contributed by atoms with Gasteiger partial charge in [0.15, 0.2) is 0 Å². The van der Waals surface area contributed by atoms with E-state index in [1.54, 1.807) is 0 Å². The Hall–Kier alpha value is -1.71. The van der Waals surface area contributed by atoms with E-state index in [9.17, 15) is 0 Å². The third-order valence-corrected chi connectivity index (χ3v) is 4.51. The van der Waals surface area contributed by atoms with Crippen molar-refractivity contribution in [2.75, 3.05) is 26.7 Å². The van der Waals surface area contributed by atoms with Gasteiger partial charge in [-0.1, -0.05) is 30.3 Å². The molecule has 1 aromatic carbocycles. The molecule has 3 heteroatoms. The van der Waals surface area contributed by atoms with E-state index in [-0.39, 0.29) is 0 Å². The molecule has 0 aliphatic carbocycles. The molecule has 21 heavy (non-hydrogen) atoms. The van der Waals surface area contributed by atoms with Gasteiger partial charge in [0, 0.05) is 18.3 Å². The van der Waals surface area contributed by atoms with Crippen molar-refractivity contribution in [3.05, 3.63) is 66.0 Å². The number of benzene rings is 1. The molecule has 1 fully saturated rings. The molecule has 3 nitrogen and oxygen atoms in total. The van der Waals surface area contributed by atoms with Crippen molar-refractivity contribution in [3.8, 4) is 0 Å². The van der Waals surface area contributed by atoms with Crippen LogP contribution in [0.4, 0.5) is 0 Å². The predicted molar refractivity (Wildman–Crippen MR) is 86.3 cm³/mol. The van der Waals surface area contributed by atoms with Crippen LogP contribution in [-0.4, -0.2) is 31.7 Å². The van der Waals surface area contributed by atoms with Gasteiger partial charge in [0.1, 0.15) is 0 Å². The van der Waals surface area contributed by atoms with Crippen molar-refractivity contribution in [1.29, 1.82) is 0 Å². The summed E-state index contributed by atoms with van der Waals surface area (Å²) in [7, 11) is 2.04. The third kappa shape index (κ3) is 3.14. The third-order valence-electron chi connectivity index (χ3n) is 4.51. The molecule has 2 heterocycles. The van der Waals surface area contributed by atoms with Gasteiger partial charge in [-0.3, -0.25) is 4.98 Å². The molecule has 0 amide bonds. The zero-order chi connectivity index (χ0) is 14.5. The molecule has 1 aromatic heterocycles. The first kappa shape index (κ1) is 14.2. The Balaban J connectivity index is 1.97. The Bertz CT molecular complexity index is 501. The van der Waals surface area contributed by atoms with Crippen LogP contribution in [-0.2, 0) is 0 Å². The molecule has 2 N–H and O–H groups in total. The minimum atomic E-state index is 0.433. The first-order chi connectivity index (χ1) is 10.4. The SMILES string of the molecule is CNC[C@@H]1CNCC1C(c1ccccc1)c1ccncc1. The average Bonchev–Trinajstić information content (AvgIpc) is 2.98. The maximum Gasteiger partial charge on any atom is 0.0270 e. The van der Waals surface area contributed by atoms with E-state index in [4.69, 9.17) is 0 Å². The molecule has 110 valence electrons. The number of hydrogen-bond donors (Lipinski definition) is 2. The molecule has 3 atom stereocenters. The summed E-state index contributed by atoms with van der Waals surface area (Å²) in [5, 5.41) is 6.92. The number of aromatic nitrogens is 1. The highest BCUT2D eigenvalue weighted by Crippen LogP contribution is 2.37. The molecule has 0 bridgehead atoms. The lowest BCUT2D eigenvalue weighted by Crippen LogP contribution is -2.29. The summed E-state index contributed by atoms with van der Waals surface area (Å²) in [6.07, 6.45) is 3.81. The summed E-state index contributed by atoms with van der Waals surface area (Å²) in [6.45, 7) is 3.24. The fraction of sp³-hybridized carbons (Fsp3) is 0.389. The Kier molecular flexibility index (Phi) is 4.63. The maximum absolute atomic E-state index is 4.18. The first-order valence-corrected chi connectivity index (χ1v) is 7.70. The minimum absolute atomic E-state index is 0.433. The van der Waals surface area contributed by atoms with E-state index in [1.807, 2.05) is 19.4 Å². The standard InChI is InChI=1S/C18H23N3/c1-19-11-16-12-21-13-17(16)18(14-5-3-2-4-6-14)15-7-9-20-10-8-15/h2-10,16-19,21H,11-13H2,1H3/t16-,17?,18?/m1/s1.